The maximum Gasteiger partial charge on any atom is 0.256 e. The molecule has 5 nitrogen and oxygen atoms in total. The van der Waals surface area contributed by atoms with Crippen LogP contribution < -0.4 is 10.3 Å². The van der Waals surface area contributed by atoms with Gasteiger partial charge in [0, 0.05) is 31.8 Å². The molecule has 1 aliphatic rings. The lowest BCUT2D eigenvalue weighted by molar-refractivity contribution is 0.241. The van der Waals surface area contributed by atoms with Crippen molar-refractivity contribution in [3.05, 3.63) is 85.8 Å². The lowest BCUT2D eigenvalue weighted by Gasteiger charge is -2.27. The summed E-state index contributed by atoms with van der Waals surface area (Å²) in [7, 11) is 1.67. The summed E-state index contributed by atoms with van der Waals surface area (Å²) in [5, 5.41) is 0.715. The van der Waals surface area contributed by atoms with E-state index in [1.54, 1.807) is 18.9 Å². The van der Waals surface area contributed by atoms with E-state index >= 15 is 0 Å². The lowest BCUT2D eigenvalue weighted by Crippen LogP contribution is -2.35. The van der Waals surface area contributed by atoms with E-state index in [4.69, 9.17) is 9.72 Å². The maximum atomic E-state index is 12.8. The number of hydrogen-bond acceptors (Lipinski definition) is 5. The van der Waals surface area contributed by atoms with Gasteiger partial charge in [0.1, 0.15) is 5.75 Å². The zero-order valence-corrected chi connectivity index (χ0v) is 19.4. The van der Waals surface area contributed by atoms with Gasteiger partial charge < -0.3 is 9.72 Å². The van der Waals surface area contributed by atoms with E-state index in [1.165, 1.54) is 27.8 Å². The van der Waals surface area contributed by atoms with Gasteiger partial charge >= 0.3 is 0 Å². The van der Waals surface area contributed by atoms with E-state index in [0.29, 0.717) is 11.7 Å². The Morgan fingerprint density at radius 1 is 1.13 bits per heavy atom. The van der Waals surface area contributed by atoms with Gasteiger partial charge in [-0.25, -0.2) is 4.98 Å². The first-order valence-corrected chi connectivity index (χ1v) is 11.6. The highest BCUT2D eigenvalue weighted by Gasteiger charge is 2.21. The largest absolute Gasteiger partial charge is 0.497 e. The molecule has 2 heterocycles. The fourth-order valence-electron chi connectivity index (χ4n) is 4.23. The number of ether oxygens (including phenoxy) is 1. The van der Waals surface area contributed by atoms with Crippen molar-refractivity contribution in [3.63, 3.8) is 0 Å². The first-order valence-electron chi connectivity index (χ1n) is 10.6. The minimum absolute atomic E-state index is 0.00993. The number of benzene rings is 2. The minimum Gasteiger partial charge on any atom is -0.497 e. The van der Waals surface area contributed by atoms with Gasteiger partial charge in [-0.15, -0.1) is 0 Å². The number of nitrogens with one attached hydrogen (secondary N) is 1. The van der Waals surface area contributed by atoms with Crippen molar-refractivity contribution >= 4 is 11.8 Å². The summed E-state index contributed by atoms with van der Waals surface area (Å²) in [6, 6.07) is 12.5. The quantitative estimate of drug-likeness (QED) is 0.455. The molecule has 0 saturated carbocycles. The molecule has 0 spiro atoms. The number of rotatable bonds is 6. The number of methoxy groups -OCH3 is 1. The molecule has 162 valence electrons. The van der Waals surface area contributed by atoms with Crippen LogP contribution in [0.25, 0.3) is 0 Å². The van der Waals surface area contributed by atoms with Crippen LogP contribution in [0.3, 0.4) is 0 Å². The van der Waals surface area contributed by atoms with Crippen molar-refractivity contribution < 1.29 is 4.74 Å². The second kappa shape index (κ2) is 9.28. The van der Waals surface area contributed by atoms with Gasteiger partial charge in [-0.3, -0.25) is 9.69 Å². The van der Waals surface area contributed by atoms with Crippen LogP contribution in [0, 0.1) is 20.8 Å². The molecule has 0 bridgehead atoms. The van der Waals surface area contributed by atoms with Crippen molar-refractivity contribution in [2.24, 2.45) is 0 Å². The zero-order valence-electron chi connectivity index (χ0n) is 18.6. The Bertz CT molecular complexity index is 1120. The molecule has 0 atom stereocenters. The van der Waals surface area contributed by atoms with Gasteiger partial charge in [0.15, 0.2) is 5.16 Å². The Balaban J connectivity index is 1.45. The molecule has 1 N–H and O–H groups in total. The molecular weight excluding hydrogens is 406 g/mol. The van der Waals surface area contributed by atoms with Gasteiger partial charge in [0.05, 0.1) is 18.4 Å². The average Bonchev–Trinajstić information content (AvgIpc) is 2.74. The number of H-pyrrole nitrogens is 1. The van der Waals surface area contributed by atoms with Crippen molar-refractivity contribution in [2.75, 3.05) is 13.7 Å². The fraction of sp³-hybridized carbons (Fsp3) is 0.360. The molecule has 0 unspecified atom stereocenters. The maximum absolute atomic E-state index is 12.8. The second-order valence-corrected chi connectivity index (χ2v) is 9.24. The zero-order chi connectivity index (χ0) is 22.0. The molecule has 6 heteroatoms. The van der Waals surface area contributed by atoms with Gasteiger partial charge in [0.25, 0.3) is 5.56 Å². The van der Waals surface area contributed by atoms with Crippen molar-refractivity contribution in [3.8, 4) is 5.75 Å². The fourth-order valence-corrected chi connectivity index (χ4v) is 5.30. The lowest BCUT2D eigenvalue weighted by atomic mass is 10.0. The first kappa shape index (κ1) is 21.7. The number of hydrogen-bond donors (Lipinski definition) is 1. The van der Waals surface area contributed by atoms with Crippen molar-refractivity contribution in [1.82, 2.24) is 14.9 Å². The highest BCUT2D eigenvalue weighted by Crippen LogP contribution is 2.26. The molecule has 1 aliphatic heterocycles. The van der Waals surface area contributed by atoms with Crippen LogP contribution in [-0.2, 0) is 25.3 Å². The smallest absolute Gasteiger partial charge is 0.256 e. The SMILES string of the molecule is COc1ccc(CN2CCc3nc(SCc4c(C)cc(C)cc4C)[nH]c(=O)c3C2)cc1. The van der Waals surface area contributed by atoms with Gasteiger partial charge in [-0.1, -0.05) is 41.6 Å². The molecule has 0 amide bonds. The monoisotopic (exact) mass is 435 g/mol. The molecule has 0 radical (unpaired) electrons. The Morgan fingerprint density at radius 3 is 2.52 bits per heavy atom. The highest BCUT2D eigenvalue weighted by atomic mass is 32.2. The number of aryl methyl sites for hydroxylation is 3. The summed E-state index contributed by atoms with van der Waals surface area (Å²) in [5.74, 6) is 1.66. The van der Waals surface area contributed by atoms with E-state index in [-0.39, 0.29) is 5.56 Å². The van der Waals surface area contributed by atoms with Gasteiger partial charge in [0.2, 0.25) is 0 Å². The molecule has 4 rings (SSSR count). The standard InChI is InChI=1S/C25H29N3O2S/c1-16-11-17(2)22(18(3)12-16)15-31-25-26-23-9-10-28(14-21(23)24(29)27-25)13-19-5-7-20(30-4)8-6-19/h5-8,11-12H,9-10,13-15H2,1-4H3,(H,26,27,29). The summed E-state index contributed by atoms with van der Waals surface area (Å²) in [6.45, 7) is 8.76. The van der Waals surface area contributed by atoms with Crippen LogP contribution in [0.15, 0.2) is 46.3 Å². The summed E-state index contributed by atoms with van der Waals surface area (Å²) in [6.07, 6.45) is 0.797. The Labute approximate surface area is 187 Å². The number of aromatic amines is 1. The summed E-state index contributed by atoms with van der Waals surface area (Å²) in [5.41, 5.74) is 8.12. The first-order chi connectivity index (χ1) is 14.9. The third-order valence-corrected chi connectivity index (χ3v) is 6.78. The molecular formula is C25H29N3O2S. The molecule has 1 aromatic heterocycles. The summed E-state index contributed by atoms with van der Waals surface area (Å²) >= 11 is 1.61. The Kier molecular flexibility index (Phi) is 6.49. The Morgan fingerprint density at radius 2 is 1.84 bits per heavy atom. The van der Waals surface area contributed by atoms with E-state index in [2.05, 4.69) is 54.9 Å². The van der Waals surface area contributed by atoms with Crippen LogP contribution >= 0.6 is 11.8 Å². The molecule has 0 fully saturated rings. The minimum atomic E-state index is -0.00993. The molecule has 0 aliphatic carbocycles. The van der Waals surface area contributed by atoms with Crippen LogP contribution in [0.5, 0.6) is 5.75 Å². The van der Waals surface area contributed by atoms with E-state index in [1.807, 2.05) is 12.1 Å². The molecule has 3 aromatic rings. The normalized spacial score (nSPS) is 13.8. The van der Waals surface area contributed by atoms with E-state index < -0.39 is 0 Å². The topological polar surface area (TPSA) is 58.2 Å². The highest BCUT2D eigenvalue weighted by molar-refractivity contribution is 7.98. The summed E-state index contributed by atoms with van der Waals surface area (Å²) < 4.78 is 5.23. The molecule has 0 saturated heterocycles. The number of fused-ring (bicyclic) bond motifs is 1. The van der Waals surface area contributed by atoms with Crippen LogP contribution in [-0.4, -0.2) is 28.5 Å². The predicted molar refractivity (Wildman–Crippen MR) is 126 cm³/mol. The van der Waals surface area contributed by atoms with Crippen LogP contribution in [0.1, 0.15) is 39.1 Å². The van der Waals surface area contributed by atoms with E-state index in [9.17, 15) is 4.79 Å². The summed E-state index contributed by atoms with van der Waals surface area (Å²) in [4.78, 5) is 22.9. The number of nitrogens with zero attached hydrogens (tertiary/aromatic N) is 2. The van der Waals surface area contributed by atoms with Crippen molar-refractivity contribution in [1.29, 1.82) is 0 Å². The van der Waals surface area contributed by atoms with Gasteiger partial charge in [-0.2, -0.15) is 0 Å². The Hall–Kier alpha value is -2.57. The van der Waals surface area contributed by atoms with Gasteiger partial charge in [-0.05, 0) is 55.2 Å². The molecule has 31 heavy (non-hydrogen) atoms. The number of aromatic nitrogens is 2. The van der Waals surface area contributed by atoms with Crippen LogP contribution in [0.2, 0.25) is 0 Å². The predicted octanol–water partition coefficient (Wildman–Crippen LogP) is 4.55. The number of thioether (sulfide) groups is 1. The third kappa shape index (κ3) is 5.02. The van der Waals surface area contributed by atoms with E-state index in [0.717, 1.165) is 42.3 Å². The molecule has 2 aromatic carbocycles. The average molecular weight is 436 g/mol. The van der Waals surface area contributed by atoms with Crippen molar-refractivity contribution in [2.45, 2.75) is 51.2 Å². The third-order valence-electron chi connectivity index (χ3n) is 5.88. The second-order valence-electron chi connectivity index (χ2n) is 8.27. The van der Waals surface area contributed by atoms with Crippen LogP contribution in [0.4, 0.5) is 0 Å².